The summed E-state index contributed by atoms with van der Waals surface area (Å²) in [5.74, 6) is -1.68. The summed E-state index contributed by atoms with van der Waals surface area (Å²) in [5, 5.41) is 17.2. The fourth-order valence-corrected chi connectivity index (χ4v) is 4.62. The molecule has 6 heteroatoms. The molecule has 2 N–H and O–H groups in total. The molecule has 0 atom stereocenters. The topological polar surface area (TPSA) is 74.6 Å². The van der Waals surface area contributed by atoms with Crippen LogP contribution in [0.25, 0.3) is 0 Å². The van der Waals surface area contributed by atoms with Crippen LogP contribution in [0.1, 0.15) is 35.6 Å². The van der Waals surface area contributed by atoms with Crippen molar-refractivity contribution in [3.8, 4) is 0 Å². The van der Waals surface area contributed by atoms with Gasteiger partial charge in [-0.1, -0.05) is 14.9 Å². The van der Waals surface area contributed by atoms with E-state index in [-0.39, 0.29) is 36.0 Å². The van der Waals surface area contributed by atoms with Crippen molar-refractivity contribution in [1.82, 2.24) is 0 Å². The second kappa shape index (κ2) is 13.3. The van der Waals surface area contributed by atoms with Gasteiger partial charge in [-0.25, -0.2) is 0 Å². The number of hydrogen-bond donors (Lipinski definition) is 2. The van der Waals surface area contributed by atoms with Crippen LogP contribution in [0, 0.1) is 0 Å². The summed E-state index contributed by atoms with van der Waals surface area (Å²) in [6, 6.07) is 14.4. The number of benzene rings is 2. The number of carbonyl (C=O) groups is 2. The van der Waals surface area contributed by atoms with E-state index in [0.717, 1.165) is 0 Å². The van der Waals surface area contributed by atoms with E-state index < -0.39 is 33.1 Å². The molecule has 4 nitrogen and oxygen atoms in total. The van der Waals surface area contributed by atoms with Crippen LogP contribution in [-0.4, -0.2) is 64.4 Å². The molecule has 0 saturated heterocycles. The number of rotatable bonds is 4. The summed E-state index contributed by atoms with van der Waals surface area (Å²) >= 11 is -0.858. The second-order valence-corrected chi connectivity index (χ2v) is 10.4. The van der Waals surface area contributed by atoms with Gasteiger partial charge in [-0.15, -0.1) is 0 Å². The fraction of sp³-hybridized carbons (Fsp3) is 0.222. The molecule has 0 spiro atoms. The number of carboxylic acid groups (broad SMARTS) is 2. The van der Waals surface area contributed by atoms with Crippen LogP contribution >= 0.6 is 0 Å². The molecule has 0 amide bonds. The van der Waals surface area contributed by atoms with Gasteiger partial charge in [0.15, 0.2) is 0 Å². The number of hydrogen-bond acceptors (Lipinski definition) is 2. The van der Waals surface area contributed by atoms with Crippen molar-refractivity contribution in [2.45, 2.75) is 24.7 Å². The van der Waals surface area contributed by atoms with Gasteiger partial charge in [-0.05, 0) is 0 Å². The minimum absolute atomic E-state index is 0. The van der Waals surface area contributed by atoms with Crippen LogP contribution in [0.4, 0.5) is 0 Å². The predicted molar refractivity (Wildman–Crippen MR) is 103 cm³/mol. The van der Waals surface area contributed by atoms with E-state index in [1.165, 1.54) is 7.16 Å². The van der Waals surface area contributed by atoms with E-state index in [4.69, 9.17) is 10.2 Å². The summed E-state index contributed by atoms with van der Waals surface area (Å²) < 4.78 is 2.56. The Labute approximate surface area is 164 Å². The summed E-state index contributed by atoms with van der Waals surface area (Å²) in [4.78, 5) is 25.3. The molecule has 4 radical (unpaired) electrons. The van der Waals surface area contributed by atoms with Gasteiger partial charge < -0.3 is 0 Å². The molecule has 2 rings (SSSR count). The quantitative estimate of drug-likeness (QED) is 0.584. The molecule has 0 aliphatic rings. The molecule has 24 heavy (non-hydrogen) atoms. The van der Waals surface area contributed by atoms with Crippen LogP contribution < -0.4 is 7.16 Å². The van der Waals surface area contributed by atoms with Gasteiger partial charge in [0.25, 0.3) is 0 Å². The number of carboxylic acids is 2. The summed E-state index contributed by atoms with van der Waals surface area (Å²) in [6.07, 6.45) is 0. The summed E-state index contributed by atoms with van der Waals surface area (Å²) in [6.45, 7) is 0. The zero-order valence-electron chi connectivity index (χ0n) is 12.3. The first-order valence-electron chi connectivity index (χ1n) is 6.50. The first kappa shape index (κ1) is 25.2. The third kappa shape index (κ3) is 8.72. The Morgan fingerprint density at radius 3 is 1.67 bits per heavy atom. The van der Waals surface area contributed by atoms with Crippen molar-refractivity contribution in [2.75, 3.05) is 0 Å². The first-order valence-corrected chi connectivity index (χ1v) is 15.1. The van der Waals surface area contributed by atoms with Crippen LogP contribution in [0.3, 0.4) is 0 Å². The third-order valence-electron chi connectivity index (χ3n) is 2.82. The fourth-order valence-electron chi connectivity index (χ4n) is 1.59. The predicted octanol–water partition coefficient (Wildman–Crippen LogP) is 2.80. The molecule has 0 bridgehead atoms. The van der Waals surface area contributed by atoms with Crippen LogP contribution in [0.15, 0.2) is 48.5 Å². The Kier molecular flexibility index (Phi) is 14.0. The van der Waals surface area contributed by atoms with Gasteiger partial charge in [0.1, 0.15) is 0 Å². The van der Waals surface area contributed by atoms with Crippen molar-refractivity contribution in [3.63, 3.8) is 0 Å². The minimum atomic E-state index is -0.849. The van der Waals surface area contributed by atoms with Gasteiger partial charge in [0, 0.05) is 0 Å². The van der Waals surface area contributed by atoms with E-state index in [9.17, 15) is 9.59 Å². The molecule has 0 aliphatic heterocycles. The van der Waals surface area contributed by atoms with Crippen LogP contribution in [0.5, 0.6) is 0 Å². The molecule has 0 saturated carbocycles. The molecule has 0 unspecified atom stereocenters. The summed E-state index contributed by atoms with van der Waals surface area (Å²) in [5.41, 5.74) is 0.784. The Morgan fingerprint density at radius 1 is 0.750 bits per heavy atom. The zero-order chi connectivity index (χ0) is 16.5. The number of aromatic carboxylic acids is 2. The Hall–Kier alpha value is -1.02. The molecule has 2 aromatic carbocycles. The van der Waals surface area contributed by atoms with Crippen LogP contribution in [0.2, 0.25) is 9.88 Å². The van der Waals surface area contributed by atoms with Crippen molar-refractivity contribution in [2.24, 2.45) is 0 Å². The zero-order valence-corrected chi connectivity index (χ0v) is 18.0. The second-order valence-electron chi connectivity index (χ2n) is 4.27. The molecule has 0 aromatic heterocycles. The molecule has 0 aliphatic carbocycles. The van der Waals surface area contributed by atoms with E-state index in [1.54, 1.807) is 24.3 Å². The molecular weight excluding hydrogens is 518 g/mol. The van der Waals surface area contributed by atoms with Gasteiger partial charge in [0.2, 0.25) is 0 Å². The third-order valence-corrected chi connectivity index (χ3v) is 7.95. The molecule has 0 heterocycles. The van der Waals surface area contributed by atoms with E-state index in [0.29, 0.717) is 11.1 Å². The van der Waals surface area contributed by atoms with Crippen molar-refractivity contribution in [3.05, 3.63) is 59.7 Å². The maximum absolute atomic E-state index is 10.5. The van der Waals surface area contributed by atoms with Crippen molar-refractivity contribution < 1.29 is 19.8 Å². The molecular formula is C18H24O4Sn2. The Bertz CT molecular complexity index is 640. The standard InChI is InChI=1S/2C7H5O2.2CH4.2CH3.2Sn/c2*8-7(9)6-4-2-1-3-5-6;;;;;;/h2-5H,(H,8,9);1-2,4-5H,(H,8,9);2*1H4;2*1H3;;. The van der Waals surface area contributed by atoms with E-state index >= 15 is 0 Å². The summed E-state index contributed by atoms with van der Waals surface area (Å²) in [7, 11) is 0. The van der Waals surface area contributed by atoms with Crippen molar-refractivity contribution in [1.29, 1.82) is 0 Å². The maximum atomic E-state index is 10.5. The molecule has 0 fully saturated rings. The van der Waals surface area contributed by atoms with Gasteiger partial charge >= 0.3 is 151 Å². The molecule has 2 aromatic rings. The van der Waals surface area contributed by atoms with E-state index in [1.807, 2.05) is 24.3 Å². The van der Waals surface area contributed by atoms with E-state index in [2.05, 4.69) is 9.88 Å². The van der Waals surface area contributed by atoms with Crippen LogP contribution in [-0.2, 0) is 0 Å². The van der Waals surface area contributed by atoms with Gasteiger partial charge in [-0.2, -0.15) is 0 Å². The average Bonchev–Trinajstić information content (AvgIpc) is 2.55. The Morgan fingerprint density at radius 2 is 1.25 bits per heavy atom. The van der Waals surface area contributed by atoms with Gasteiger partial charge in [0.05, 0.1) is 0 Å². The monoisotopic (exact) mass is 544 g/mol. The average molecular weight is 542 g/mol. The molecule has 128 valence electrons. The van der Waals surface area contributed by atoms with Crippen molar-refractivity contribution >= 4 is 61.4 Å². The normalized spacial score (nSPS) is 8.75. The Balaban J connectivity index is 0. The first-order chi connectivity index (χ1) is 10.5. The SMILES string of the molecule is C.C.[CH3][Sn][c]1ccc(C(=O)O)cc1.[CH3][Sn][c]1cccc(C(=O)O)c1. The van der Waals surface area contributed by atoms with Gasteiger partial charge in [-0.3, -0.25) is 0 Å².